The minimum atomic E-state index is -4.00. The summed E-state index contributed by atoms with van der Waals surface area (Å²) in [6, 6.07) is 9.17. The van der Waals surface area contributed by atoms with Crippen LogP contribution in [-0.2, 0) is 29.7 Å². The summed E-state index contributed by atoms with van der Waals surface area (Å²) >= 11 is 7.68. The minimum absolute atomic E-state index is 0.0104. The molecule has 1 aliphatic rings. The number of ether oxygens (including phenoxy) is 1. The molecule has 1 fully saturated rings. The van der Waals surface area contributed by atoms with Crippen molar-refractivity contribution >= 4 is 53.3 Å². The summed E-state index contributed by atoms with van der Waals surface area (Å²) in [4.78, 5) is 33.7. The number of carbonyl (C=O) groups excluding carboxylic acids is 1. The molecule has 42 heavy (non-hydrogen) atoms. The molecule has 14 nitrogen and oxygen atoms in total. The van der Waals surface area contributed by atoms with Crippen LogP contribution >= 0.6 is 31.1 Å². The van der Waals surface area contributed by atoms with Crippen molar-refractivity contribution in [2.24, 2.45) is 5.41 Å². The first-order valence-corrected chi connectivity index (χ1v) is 15.9. The molecule has 2 aromatic heterocycles. The summed E-state index contributed by atoms with van der Waals surface area (Å²) in [5.41, 5.74) is 5.16. The lowest BCUT2D eigenvalue weighted by molar-refractivity contribution is -0.119. The van der Waals surface area contributed by atoms with Crippen LogP contribution < -0.4 is 16.4 Å². The molecule has 3 heterocycles. The van der Waals surface area contributed by atoms with E-state index in [0.717, 1.165) is 17.3 Å². The molecule has 17 heteroatoms. The Balaban J connectivity index is 1.46. The minimum Gasteiger partial charge on any atom is -0.395 e. The van der Waals surface area contributed by atoms with Crippen molar-refractivity contribution in [1.29, 1.82) is 0 Å². The first-order valence-electron chi connectivity index (χ1n) is 13.0. The monoisotopic (exact) mass is 644 g/mol. The van der Waals surface area contributed by atoms with E-state index in [-0.39, 0.29) is 54.3 Å². The van der Waals surface area contributed by atoms with E-state index in [1.807, 2.05) is 30.3 Å². The molecule has 230 valence electrons. The van der Waals surface area contributed by atoms with Crippen molar-refractivity contribution < 1.29 is 33.4 Å². The van der Waals surface area contributed by atoms with Gasteiger partial charge in [0.15, 0.2) is 22.5 Å². The highest BCUT2D eigenvalue weighted by Gasteiger charge is 2.54. The maximum absolute atomic E-state index is 13.7. The number of H-pyrrole nitrogens is 1. The van der Waals surface area contributed by atoms with Gasteiger partial charge in [-0.2, -0.15) is 4.98 Å². The smallest absolute Gasteiger partial charge is 0.395 e. The average molecular weight is 645 g/mol. The number of aliphatic hydroxyl groups is 2. The lowest BCUT2D eigenvalue weighted by Crippen LogP contribution is -2.40. The van der Waals surface area contributed by atoms with Gasteiger partial charge in [0, 0.05) is 12.3 Å². The lowest BCUT2D eigenvalue weighted by atomic mass is 9.97. The Bertz CT molecular complexity index is 1500. The average Bonchev–Trinajstić information content (AvgIpc) is 3.47. The van der Waals surface area contributed by atoms with Gasteiger partial charge in [-0.05, 0) is 26.3 Å². The number of nitrogen functional groups attached to an aromatic ring is 1. The van der Waals surface area contributed by atoms with Crippen LogP contribution in [0.4, 0.5) is 5.95 Å². The van der Waals surface area contributed by atoms with Crippen molar-refractivity contribution in [3.8, 4) is 0 Å². The summed E-state index contributed by atoms with van der Waals surface area (Å²) in [6.45, 7) is 4.14. The number of thioether (sulfide) groups is 1. The third kappa shape index (κ3) is 7.24. The maximum atomic E-state index is 13.7. The molecule has 0 spiro atoms. The molecule has 1 aromatic carbocycles. The summed E-state index contributed by atoms with van der Waals surface area (Å²) < 4.78 is 32.5. The van der Waals surface area contributed by atoms with E-state index in [2.05, 4.69) is 20.0 Å². The molecule has 3 aromatic rings. The van der Waals surface area contributed by atoms with Crippen LogP contribution in [0.2, 0.25) is 0 Å². The third-order valence-corrected chi connectivity index (χ3v) is 9.83. The number of nitrogens with one attached hydrogen (secondary N) is 2. The number of rotatable bonds is 13. The van der Waals surface area contributed by atoms with Crippen LogP contribution in [0.5, 0.6) is 0 Å². The SMILES string of the molecule is CC(C)(CO)C(=O)SCCO[P@](=O)(NCc1ccccc1)OC[C@H]1O[C@@H](n2cnc3c(=O)[nH]c(N)nc32)[C@](C)(Cl)[C@@H]1O. The van der Waals surface area contributed by atoms with Gasteiger partial charge in [0.25, 0.3) is 5.56 Å². The van der Waals surface area contributed by atoms with Crippen LogP contribution in [0.3, 0.4) is 0 Å². The molecule has 0 radical (unpaired) electrons. The molecule has 0 aliphatic carbocycles. The lowest BCUT2D eigenvalue weighted by Gasteiger charge is -2.26. The first-order chi connectivity index (χ1) is 19.8. The van der Waals surface area contributed by atoms with E-state index in [1.54, 1.807) is 13.8 Å². The van der Waals surface area contributed by atoms with Crippen molar-refractivity contribution in [3.05, 3.63) is 52.6 Å². The zero-order valence-electron chi connectivity index (χ0n) is 23.2. The zero-order valence-corrected chi connectivity index (χ0v) is 25.7. The van der Waals surface area contributed by atoms with E-state index < -0.39 is 42.0 Å². The standard InChI is InChI=1S/C25H34ClN6O8PS/c1-24(2,13-33)22(36)42-10-9-38-41(37,29-11-15-7-5-4-6-8-15)39-12-16-18(34)25(3,26)21(40-16)32-14-28-17-19(32)30-23(27)31-20(17)35/h4-8,14,16,18,21,33-34H,9-13H2,1-3H3,(H,29,37)(H3,27,30,31,35)/t16-,18-,21-,25-,41-/m1/s1. The van der Waals surface area contributed by atoms with Crippen LogP contribution in [0.15, 0.2) is 41.5 Å². The number of alkyl halides is 1. The molecule has 0 unspecified atom stereocenters. The van der Waals surface area contributed by atoms with E-state index in [1.165, 1.54) is 17.8 Å². The van der Waals surface area contributed by atoms with Gasteiger partial charge in [0.2, 0.25) is 5.95 Å². The largest absolute Gasteiger partial charge is 0.405 e. The number of nitrogens with zero attached hydrogens (tertiary/aromatic N) is 3. The second kappa shape index (κ2) is 13.1. The second-order valence-corrected chi connectivity index (χ2v) is 14.2. The Morgan fingerprint density at radius 3 is 2.76 bits per heavy atom. The fourth-order valence-corrected chi connectivity index (χ4v) is 6.64. The predicted molar refractivity (Wildman–Crippen MR) is 158 cm³/mol. The predicted octanol–water partition coefficient (Wildman–Crippen LogP) is 2.17. The molecule has 4 rings (SSSR count). The summed E-state index contributed by atoms with van der Waals surface area (Å²) in [6.07, 6.45) is -2.11. The Hall–Kier alpha value is -2.33. The topological polar surface area (TPSA) is 204 Å². The number of hydrogen-bond donors (Lipinski definition) is 5. The summed E-state index contributed by atoms with van der Waals surface area (Å²) in [5.74, 6) is 0.0296. The Morgan fingerprint density at radius 2 is 2.07 bits per heavy atom. The van der Waals surface area contributed by atoms with E-state index in [4.69, 9.17) is 31.1 Å². The van der Waals surface area contributed by atoms with Crippen LogP contribution in [0.1, 0.15) is 32.6 Å². The molecule has 0 saturated carbocycles. The van der Waals surface area contributed by atoms with Crippen LogP contribution in [0.25, 0.3) is 11.2 Å². The first kappa shape index (κ1) is 32.6. The number of aromatic amines is 1. The number of anilines is 1. The molecule has 0 bridgehead atoms. The van der Waals surface area contributed by atoms with Crippen LogP contribution in [0, 0.1) is 5.41 Å². The normalized spacial score (nSPS) is 24.2. The van der Waals surface area contributed by atoms with Gasteiger partial charge in [-0.1, -0.05) is 42.1 Å². The highest BCUT2D eigenvalue weighted by atomic mass is 35.5. The van der Waals surface area contributed by atoms with E-state index >= 15 is 0 Å². The van der Waals surface area contributed by atoms with Gasteiger partial charge in [-0.3, -0.25) is 28.2 Å². The molecule has 6 N–H and O–H groups in total. The van der Waals surface area contributed by atoms with Gasteiger partial charge < -0.3 is 20.7 Å². The highest BCUT2D eigenvalue weighted by Crippen LogP contribution is 2.48. The number of aliphatic hydroxyl groups excluding tert-OH is 2. The van der Waals surface area contributed by atoms with E-state index in [0.29, 0.717) is 0 Å². The molecule has 0 amide bonds. The second-order valence-electron chi connectivity index (χ2n) is 10.5. The fourth-order valence-electron chi connectivity index (χ4n) is 4.10. The molecular weight excluding hydrogens is 611 g/mol. The quantitative estimate of drug-likeness (QED) is 0.103. The number of hydrogen-bond acceptors (Lipinski definition) is 12. The molecule has 1 aliphatic heterocycles. The summed E-state index contributed by atoms with van der Waals surface area (Å²) in [7, 11) is -4.00. The van der Waals surface area contributed by atoms with E-state index in [9.17, 15) is 24.4 Å². The van der Waals surface area contributed by atoms with Gasteiger partial charge >= 0.3 is 7.75 Å². The number of fused-ring (bicyclic) bond motifs is 1. The highest BCUT2D eigenvalue weighted by molar-refractivity contribution is 8.13. The van der Waals surface area contributed by atoms with Gasteiger partial charge in [0.05, 0.1) is 31.6 Å². The number of aromatic nitrogens is 4. The van der Waals surface area contributed by atoms with Gasteiger partial charge in [-0.25, -0.2) is 14.6 Å². The molecule has 1 saturated heterocycles. The molecular formula is C25H34ClN6O8PS. The summed E-state index contributed by atoms with van der Waals surface area (Å²) in [5, 5.41) is 23.0. The number of nitrogens with two attached hydrogens (primary N) is 1. The van der Waals surface area contributed by atoms with Crippen LogP contribution in [-0.4, -0.2) is 77.5 Å². The molecule has 5 atom stereocenters. The van der Waals surface area contributed by atoms with Gasteiger partial charge in [-0.15, -0.1) is 11.6 Å². The Labute approximate surface area is 250 Å². The van der Waals surface area contributed by atoms with Gasteiger partial charge in [0.1, 0.15) is 17.1 Å². The number of halogens is 1. The zero-order chi connectivity index (χ0) is 30.7. The number of benzene rings is 1. The Morgan fingerprint density at radius 1 is 1.36 bits per heavy atom. The third-order valence-electron chi connectivity index (χ3n) is 6.67. The van der Waals surface area contributed by atoms with Crippen molar-refractivity contribution in [1.82, 2.24) is 24.6 Å². The number of carbonyl (C=O) groups is 1. The fraction of sp³-hybridized carbons (Fsp3) is 0.520. The van der Waals surface area contributed by atoms with Crippen molar-refractivity contribution in [2.75, 3.05) is 31.3 Å². The Kier molecular flexibility index (Phi) is 10.2. The van der Waals surface area contributed by atoms with Crippen molar-refractivity contribution in [2.45, 2.75) is 50.6 Å². The maximum Gasteiger partial charge on any atom is 0.405 e. The number of imidazole rings is 1. The van der Waals surface area contributed by atoms with Crippen molar-refractivity contribution in [3.63, 3.8) is 0 Å².